The standard InChI is InChI=1S/C12H15BrN2O/c1-15-10(7-14-8-12(15)16)6-9-4-2-3-5-11(9)13/h2-5,10,14H,6-8H2,1H3. The number of halogens is 1. The molecule has 1 unspecified atom stereocenters. The second-order valence-corrected chi connectivity index (χ2v) is 4.94. The van der Waals surface area contributed by atoms with E-state index >= 15 is 0 Å². The van der Waals surface area contributed by atoms with E-state index in [2.05, 4.69) is 27.3 Å². The van der Waals surface area contributed by atoms with Gasteiger partial charge in [0.2, 0.25) is 5.91 Å². The molecule has 16 heavy (non-hydrogen) atoms. The Hall–Kier alpha value is -0.870. The summed E-state index contributed by atoms with van der Waals surface area (Å²) in [6.07, 6.45) is 0.886. The molecule has 0 saturated carbocycles. The van der Waals surface area contributed by atoms with E-state index in [0.29, 0.717) is 6.54 Å². The number of benzene rings is 1. The first-order valence-electron chi connectivity index (χ1n) is 5.38. The van der Waals surface area contributed by atoms with Crippen molar-refractivity contribution in [3.8, 4) is 0 Å². The predicted molar refractivity (Wildman–Crippen MR) is 67.3 cm³/mol. The van der Waals surface area contributed by atoms with Gasteiger partial charge in [0.25, 0.3) is 0 Å². The van der Waals surface area contributed by atoms with Gasteiger partial charge in [0, 0.05) is 24.1 Å². The lowest BCUT2D eigenvalue weighted by atomic mass is 10.0. The third-order valence-corrected chi connectivity index (χ3v) is 3.78. The maximum absolute atomic E-state index is 11.5. The Balaban J connectivity index is 2.09. The zero-order valence-corrected chi connectivity index (χ0v) is 10.8. The van der Waals surface area contributed by atoms with Crippen molar-refractivity contribution < 1.29 is 4.79 Å². The van der Waals surface area contributed by atoms with Crippen molar-refractivity contribution in [1.82, 2.24) is 10.2 Å². The Labute approximate surface area is 104 Å². The highest BCUT2D eigenvalue weighted by atomic mass is 79.9. The third-order valence-electron chi connectivity index (χ3n) is 3.01. The summed E-state index contributed by atoms with van der Waals surface area (Å²) in [5.41, 5.74) is 1.25. The van der Waals surface area contributed by atoms with Crippen molar-refractivity contribution in [3.63, 3.8) is 0 Å². The highest BCUT2D eigenvalue weighted by Crippen LogP contribution is 2.19. The van der Waals surface area contributed by atoms with Crippen LogP contribution in [0.1, 0.15) is 5.56 Å². The molecule has 4 heteroatoms. The molecular formula is C12H15BrN2O. The number of amides is 1. The first-order valence-corrected chi connectivity index (χ1v) is 6.17. The van der Waals surface area contributed by atoms with E-state index in [1.54, 1.807) is 0 Å². The fraction of sp³-hybridized carbons (Fsp3) is 0.417. The minimum atomic E-state index is 0.170. The molecule has 0 spiro atoms. The first-order chi connectivity index (χ1) is 7.68. The van der Waals surface area contributed by atoms with Crippen molar-refractivity contribution in [1.29, 1.82) is 0 Å². The van der Waals surface area contributed by atoms with E-state index in [1.165, 1.54) is 5.56 Å². The Morgan fingerprint density at radius 3 is 3.00 bits per heavy atom. The monoisotopic (exact) mass is 282 g/mol. The number of nitrogens with zero attached hydrogens (tertiary/aromatic N) is 1. The molecule has 1 aromatic rings. The van der Waals surface area contributed by atoms with Gasteiger partial charge in [-0.1, -0.05) is 34.1 Å². The average molecular weight is 283 g/mol. The molecule has 86 valence electrons. The average Bonchev–Trinajstić information content (AvgIpc) is 2.28. The van der Waals surface area contributed by atoms with Crippen LogP contribution >= 0.6 is 15.9 Å². The Morgan fingerprint density at radius 1 is 1.50 bits per heavy atom. The van der Waals surface area contributed by atoms with Gasteiger partial charge in [-0.2, -0.15) is 0 Å². The number of nitrogens with one attached hydrogen (secondary N) is 1. The van der Waals surface area contributed by atoms with Crippen LogP contribution in [0.3, 0.4) is 0 Å². The van der Waals surface area contributed by atoms with E-state index < -0.39 is 0 Å². The number of rotatable bonds is 2. The topological polar surface area (TPSA) is 32.3 Å². The summed E-state index contributed by atoms with van der Waals surface area (Å²) in [6.45, 7) is 1.33. The molecule has 0 bridgehead atoms. The molecule has 1 amide bonds. The molecule has 0 radical (unpaired) electrons. The minimum absolute atomic E-state index is 0.170. The van der Waals surface area contributed by atoms with Crippen LogP contribution in [0, 0.1) is 0 Å². The fourth-order valence-electron chi connectivity index (χ4n) is 1.94. The van der Waals surface area contributed by atoms with Gasteiger partial charge in [-0.05, 0) is 18.1 Å². The molecule has 0 aliphatic carbocycles. The molecule has 1 aromatic carbocycles. The SMILES string of the molecule is CN1C(=O)CNCC1Cc1ccccc1Br. The third kappa shape index (κ3) is 2.44. The molecule has 1 saturated heterocycles. The van der Waals surface area contributed by atoms with E-state index in [0.717, 1.165) is 17.4 Å². The molecule has 2 rings (SSSR count). The molecule has 0 aromatic heterocycles. The van der Waals surface area contributed by atoms with Gasteiger partial charge in [0.1, 0.15) is 0 Å². The van der Waals surface area contributed by atoms with Crippen molar-refractivity contribution in [3.05, 3.63) is 34.3 Å². The number of carbonyl (C=O) groups excluding carboxylic acids is 1. The number of carbonyl (C=O) groups is 1. The van der Waals surface area contributed by atoms with Crippen molar-refractivity contribution >= 4 is 21.8 Å². The van der Waals surface area contributed by atoms with Crippen LogP contribution in [0.25, 0.3) is 0 Å². The normalized spacial score (nSPS) is 21.2. The Kier molecular flexibility index (Phi) is 3.61. The Bertz CT molecular complexity index is 394. The zero-order chi connectivity index (χ0) is 11.5. The summed E-state index contributed by atoms with van der Waals surface area (Å²) < 4.78 is 1.11. The largest absolute Gasteiger partial charge is 0.340 e. The molecule has 3 nitrogen and oxygen atoms in total. The van der Waals surface area contributed by atoms with Crippen LogP contribution in [0.15, 0.2) is 28.7 Å². The van der Waals surface area contributed by atoms with Crippen LogP contribution in [0.2, 0.25) is 0 Å². The van der Waals surface area contributed by atoms with Crippen LogP contribution in [-0.4, -0.2) is 37.0 Å². The van der Waals surface area contributed by atoms with E-state index in [-0.39, 0.29) is 11.9 Å². The molecule has 1 fully saturated rings. The number of likely N-dealkylation sites (N-methyl/N-ethyl adjacent to an activating group) is 1. The molecule has 1 N–H and O–H groups in total. The lowest BCUT2D eigenvalue weighted by Gasteiger charge is -2.33. The Morgan fingerprint density at radius 2 is 2.25 bits per heavy atom. The zero-order valence-electron chi connectivity index (χ0n) is 9.24. The highest BCUT2D eigenvalue weighted by Gasteiger charge is 2.24. The van der Waals surface area contributed by atoms with Crippen molar-refractivity contribution in [2.45, 2.75) is 12.5 Å². The van der Waals surface area contributed by atoms with Gasteiger partial charge < -0.3 is 10.2 Å². The highest BCUT2D eigenvalue weighted by molar-refractivity contribution is 9.10. The van der Waals surface area contributed by atoms with Gasteiger partial charge >= 0.3 is 0 Å². The van der Waals surface area contributed by atoms with Gasteiger partial charge in [0.15, 0.2) is 0 Å². The summed E-state index contributed by atoms with van der Waals surface area (Å²) >= 11 is 3.53. The van der Waals surface area contributed by atoms with Gasteiger partial charge in [-0.3, -0.25) is 4.79 Å². The number of hydrogen-bond acceptors (Lipinski definition) is 2. The van der Waals surface area contributed by atoms with Crippen molar-refractivity contribution in [2.24, 2.45) is 0 Å². The second kappa shape index (κ2) is 4.97. The minimum Gasteiger partial charge on any atom is -0.340 e. The maximum Gasteiger partial charge on any atom is 0.236 e. The summed E-state index contributed by atoms with van der Waals surface area (Å²) in [4.78, 5) is 13.4. The van der Waals surface area contributed by atoms with Crippen LogP contribution < -0.4 is 5.32 Å². The summed E-state index contributed by atoms with van der Waals surface area (Å²) in [7, 11) is 1.88. The van der Waals surface area contributed by atoms with Gasteiger partial charge in [-0.15, -0.1) is 0 Å². The van der Waals surface area contributed by atoms with Crippen LogP contribution in [-0.2, 0) is 11.2 Å². The summed E-state index contributed by atoms with van der Waals surface area (Å²) in [5, 5.41) is 3.15. The maximum atomic E-state index is 11.5. The van der Waals surface area contributed by atoms with E-state index in [9.17, 15) is 4.79 Å². The summed E-state index contributed by atoms with van der Waals surface area (Å²) in [5.74, 6) is 0.170. The molecule has 1 heterocycles. The fourth-order valence-corrected chi connectivity index (χ4v) is 2.38. The number of hydrogen-bond donors (Lipinski definition) is 1. The summed E-state index contributed by atoms with van der Waals surface area (Å²) in [6, 6.07) is 8.41. The van der Waals surface area contributed by atoms with Crippen LogP contribution in [0.5, 0.6) is 0 Å². The molecule has 1 atom stereocenters. The molecule has 1 aliphatic rings. The lowest BCUT2D eigenvalue weighted by molar-refractivity contribution is -0.133. The smallest absolute Gasteiger partial charge is 0.236 e. The lowest BCUT2D eigenvalue weighted by Crippen LogP contribution is -2.53. The van der Waals surface area contributed by atoms with Gasteiger partial charge in [0.05, 0.1) is 6.54 Å². The van der Waals surface area contributed by atoms with Crippen LogP contribution in [0.4, 0.5) is 0 Å². The van der Waals surface area contributed by atoms with Gasteiger partial charge in [-0.25, -0.2) is 0 Å². The second-order valence-electron chi connectivity index (χ2n) is 4.08. The predicted octanol–water partition coefficient (Wildman–Crippen LogP) is 1.42. The van der Waals surface area contributed by atoms with E-state index in [1.807, 2.05) is 30.1 Å². The number of piperazine rings is 1. The molecular weight excluding hydrogens is 268 g/mol. The first kappa shape index (κ1) is 11.6. The molecule has 1 aliphatic heterocycles. The van der Waals surface area contributed by atoms with Crippen molar-refractivity contribution in [2.75, 3.05) is 20.1 Å². The quantitative estimate of drug-likeness (QED) is 0.890. The van der Waals surface area contributed by atoms with E-state index in [4.69, 9.17) is 0 Å².